The van der Waals surface area contributed by atoms with Crippen LogP contribution in [0.4, 0.5) is 4.79 Å². The number of halogens is 2. The van der Waals surface area contributed by atoms with Gasteiger partial charge < -0.3 is 10.1 Å². The van der Waals surface area contributed by atoms with Crippen molar-refractivity contribution in [1.82, 2.24) is 5.32 Å². The van der Waals surface area contributed by atoms with Crippen LogP contribution in [0.3, 0.4) is 0 Å². The van der Waals surface area contributed by atoms with Gasteiger partial charge >= 0.3 is 12.0 Å². The van der Waals surface area contributed by atoms with E-state index in [9.17, 15) is 9.59 Å². The van der Waals surface area contributed by atoms with Crippen molar-refractivity contribution >= 4 is 40.9 Å². The largest absolute Gasteiger partial charge is 0.465 e. The highest BCUT2D eigenvalue weighted by atomic mass is 35.5. The molecule has 1 N–H and O–H groups in total. The predicted octanol–water partition coefficient (Wildman–Crippen LogP) is 5.01. The minimum Gasteiger partial charge on any atom is -0.465 e. The van der Waals surface area contributed by atoms with Gasteiger partial charge in [-0.05, 0) is 49.1 Å². The van der Waals surface area contributed by atoms with E-state index in [-0.39, 0.29) is 6.61 Å². The fourth-order valence-corrected chi connectivity index (χ4v) is 3.62. The summed E-state index contributed by atoms with van der Waals surface area (Å²) in [4.78, 5) is 29.1. The van der Waals surface area contributed by atoms with Crippen LogP contribution >= 0.6 is 23.2 Å². The lowest BCUT2D eigenvalue weighted by Crippen LogP contribution is -2.45. The number of benzene rings is 2. The number of nitrogens with one attached hydrogen (secondary N) is 1. The topological polar surface area (TPSA) is 67.8 Å². The zero-order valence-electron chi connectivity index (χ0n) is 15.3. The third-order valence-corrected chi connectivity index (χ3v) is 5.22. The number of aryl methyl sites for hydroxylation is 1. The van der Waals surface area contributed by atoms with Crippen LogP contribution in [0.2, 0.25) is 10.0 Å². The van der Waals surface area contributed by atoms with Gasteiger partial charge in [0.1, 0.15) is 5.92 Å². The fraction of sp³-hybridized carbons (Fsp3) is 0.286. The van der Waals surface area contributed by atoms with E-state index in [1.807, 2.05) is 24.3 Å². The average Bonchev–Trinajstić information content (AvgIpc) is 2.67. The molecule has 0 fully saturated rings. The summed E-state index contributed by atoms with van der Waals surface area (Å²) < 4.78 is 5.27. The molecule has 0 aromatic heterocycles. The summed E-state index contributed by atoms with van der Waals surface area (Å²) >= 11 is 12.2. The predicted molar refractivity (Wildman–Crippen MR) is 110 cm³/mol. The molecule has 7 heteroatoms. The second-order valence-electron chi connectivity index (χ2n) is 6.40. The van der Waals surface area contributed by atoms with Crippen molar-refractivity contribution in [2.75, 3.05) is 6.61 Å². The maximum atomic E-state index is 12.7. The molecular formula is C21H20Cl2N2O3. The molecule has 1 heterocycles. The summed E-state index contributed by atoms with van der Waals surface area (Å²) in [5.74, 6) is -1.12. The highest BCUT2D eigenvalue weighted by Gasteiger charge is 2.39. The lowest BCUT2D eigenvalue weighted by Gasteiger charge is -2.31. The molecule has 3 rings (SSSR count). The zero-order chi connectivity index (χ0) is 20.1. The first-order valence-electron chi connectivity index (χ1n) is 9.03. The number of ether oxygens (including phenoxy) is 1. The van der Waals surface area contributed by atoms with Gasteiger partial charge in [0.2, 0.25) is 0 Å². The van der Waals surface area contributed by atoms with Crippen molar-refractivity contribution in [2.24, 2.45) is 10.9 Å². The van der Waals surface area contributed by atoms with E-state index in [1.165, 1.54) is 0 Å². The lowest BCUT2D eigenvalue weighted by atomic mass is 9.85. The van der Waals surface area contributed by atoms with E-state index in [0.29, 0.717) is 28.6 Å². The molecule has 1 aliphatic rings. The van der Waals surface area contributed by atoms with E-state index in [0.717, 1.165) is 11.1 Å². The first kappa shape index (κ1) is 20.4. The summed E-state index contributed by atoms with van der Waals surface area (Å²) in [6, 6.07) is 13.5. The second kappa shape index (κ2) is 9.22. The summed E-state index contributed by atoms with van der Waals surface area (Å²) in [5, 5.41) is 4.00. The molecule has 2 aromatic rings. The highest BCUT2D eigenvalue weighted by Crippen LogP contribution is 2.31. The second-order valence-corrected chi connectivity index (χ2v) is 7.25. The molecular weight excluding hydrogens is 399 g/mol. The minimum atomic E-state index is -0.707. The van der Waals surface area contributed by atoms with Gasteiger partial charge in [-0.3, -0.25) is 4.79 Å². The number of carbonyl (C=O) groups excluding carboxylic acids is 2. The van der Waals surface area contributed by atoms with Gasteiger partial charge in [-0.2, -0.15) is 0 Å². The minimum absolute atomic E-state index is 0.244. The van der Waals surface area contributed by atoms with Crippen molar-refractivity contribution in [1.29, 1.82) is 0 Å². The molecule has 1 aliphatic heterocycles. The van der Waals surface area contributed by atoms with Crippen molar-refractivity contribution in [3.8, 4) is 0 Å². The molecule has 0 aliphatic carbocycles. The summed E-state index contributed by atoms with van der Waals surface area (Å²) in [6.07, 6.45) is 0.986. The fourth-order valence-electron chi connectivity index (χ4n) is 3.27. The maximum absolute atomic E-state index is 12.7. The smallest absolute Gasteiger partial charge is 0.341 e. The van der Waals surface area contributed by atoms with Crippen LogP contribution in [0.5, 0.6) is 0 Å². The van der Waals surface area contributed by atoms with Gasteiger partial charge in [-0.1, -0.05) is 53.5 Å². The van der Waals surface area contributed by atoms with Gasteiger partial charge in [0.15, 0.2) is 0 Å². The van der Waals surface area contributed by atoms with Crippen LogP contribution in [0.15, 0.2) is 53.5 Å². The molecule has 2 amide bonds. The third kappa shape index (κ3) is 4.72. The standard InChI is InChI=1S/C21H20Cl2N2O3/c1-2-28-20(26)18-17(12-9-13-5-3-4-6-16(13)23)24-21(27)25-19(18)14-7-10-15(22)11-8-14/h3-8,10-11,18-19H,2,9,12H2,1H3,(H,25,27). The Morgan fingerprint density at radius 3 is 2.50 bits per heavy atom. The first-order valence-corrected chi connectivity index (χ1v) is 9.78. The quantitative estimate of drug-likeness (QED) is 0.670. The van der Waals surface area contributed by atoms with Crippen LogP contribution in [0.25, 0.3) is 0 Å². The molecule has 28 heavy (non-hydrogen) atoms. The molecule has 0 saturated heterocycles. The Morgan fingerprint density at radius 2 is 1.82 bits per heavy atom. The molecule has 2 unspecified atom stereocenters. The number of aliphatic imine (C=N–C) groups is 1. The Morgan fingerprint density at radius 1 is 1.11 bits per heavy atom. The molecule has 2 aromatic carbocycles. The summed E-state index contributed by atoms with van der Waals surface area (Å²) in [6.45, 7) is 1.99. The van der Waals surface area contributed by atoms with E-state index in [4.69, 9.17) is 27.9 Å². The Bertz CT molecular complexity index is 897. The van der Waals surface area contributed by atoms with Gasteiger partial charge in [-0.15, -0.1) is 0 Å². The number of esters is 1. The number of nitrogens with zero attached hydrogens (tertiary/aromatic N) is 1. The Balaban J connectivity index is 1.91. The van der Waals surface area contributed by atoms with E-state index in [2.05, 4.69) is 10.3 Å². The number of hydrogen-bond acceptors (Lipinski definition) is 3. The van der Waals surface area contributed by atoms with E-state index in [1.54, 1.807) is 31.2 Å². The molecule has 2 atom stereocenters. The lowest BCUT2D eigenvalue weighted by molar-refractivity contribution is -0.146. The Hall–Kier alpha value is -2.37. The summed E-state index contributed by atoms with van der Waals surface area (Å²) in [5.41, 5.74) is 2.19. The van der Waals surface area contributed by atoms with Crippen molar-refractivity contribution in [3.63, 3.8) is 0 Å². The van der Waals surface area contributed by atoms with Crippen molar-refractivity contribution in [3.05, 3.63) is 69.7 Å². The molecule has 0 spiro atoms. The number of hydrogen-bond donors (Lipinski definition) is 1. The maximum Gasteiger partial charge on any atom is 0.341 e. The van der Waals surface area contributed by atoms with Crippen LogP contribution < -0.4 is 5.32 Å². The van der Waals surface area contributed by atoms with Crippen molar-refractivity contribution < 1.29 is 14.3 Å². The Labute approximate surface area is 173 Å². The SMILES string of the molecule is CCOC(=O)C1C(CCc2ccccc2Cl)=NC(=O)NC1c1ccc(Cl)cc1. The van der Waals surface area contributed by atoms with Crippen LogP contribution in [-0.2, 0) is 16.0 Å². The van der Waals surface area contributed by atoms with Crippen LogP contribution in [-0.4, -0.2) is 24.3 Å². The monoisotopic (exact) mass is 418 g/mol. The number of amides is 2. The highest BCUT2D eigenvalue weighted by molar-refractivity contribution is 6.31. The first-order chi connectivity index (χ1) is 13.5. The van der Waals surface area contributed by atoms with Crippen LogP contribution in [0.1, 0.15) is 30.5 Å². The molecule has 146 valence electrons. The number of carbonyl (C=O) groups is 2. The summed E-state index contributed by atoms with van der Waals surface area (Å²) in [7, 11) is 0. The van der Waals surface area contributed by atoms with Gasteiger partial charge in [0, 0.05) is 15.8 Å². The third-order valence-electron chi connectivity index (χ3n) is 4.59. The normalized spacial score (nSPS) is 19.0. The van der Waals surface area contributed by atoms with E-state index < -0.39 is 24.0 Å². The van der Waals surface area contributed by atoms with Gasteiger partial charge in [-0.25, -0.2) is 9.79 Å². The molecule has 0 bridgehead atoms. The van der Waals surface area contributed by atoms with Crippen molar-refractivity contribution in [2.45, 2.75) is 25.8 Å². The molecule has 5 nitrogen and oxygen atoms in total. The van der Waals surface area contributed by atoms with Crippen LogP contribution in [0, 0.1) is 5.92 Å². The Kier molecular flexibility index (Phi) is 6.70. The number of urea groups is 1. The molecule has 0 saturated carbocycles. The zero-order valence-corrected chi connectivity index (χ0v) is 16.8. The molecule has 0 radical (unpaired) electrons. The van der Waals surface area contributed by atoms with E-state index >= 15 is 0 Å². The van der Waals surface area contributed by atoms with Gasteiger partial charge in [0.25, 0.3) is 0 Å². The van der Waals surface area contributed by atoms with Gasteiger partial charge in [0.05, 0.1) is 12.6 Å². The number of rotatable bonds is 6. The average molecular weight is 419 g/mol.